The Morgan fingerprint density at radius 1 is 1.15 bits per heavy atom. The average molecular weight is 181 g/mol. The summed E-state index contributed by atoms with van der Waals surface area (Å²) >= 11 is 0. The van der Waals surface area contributed by atoms with Gasteiger partial charge in [-0.1, -0.05) is 12.2 Å². The number of ketones is 1. The maximum absolute atomic E-state index is 11.3. The van der Waals surface area contributed by atoms with E-state index in [4.69, 9.17) is 0 Å². The normalized spacial score (nSPS) is 11.8. The van der Waals surface area contributed by atoms with E-state index in [0.717, 1.165) is 0 Å². The minimum absolute atomic E-state index is 0.0265. The molecule has 3 heteroatoms. The van der Waals surface area contributed by atoms with Crippen LogP contribution in [0.2, 0.25) is 0 Å². The average Bonchev–Trinajstić information content (AvgIpc) is 2.02. The smallest absolute Gasteiger partial charge is 0.248 e. The van der Waals surface area contributed by atoms with Gasteiger partial charge in [-0.2, -0.15) is 0 Å². The molecule has 0 bridgehead atoms. The Hall–Kier alpha value is -1.38. The predicted octanol–water partition coefficient (Wildman–Crippen LogP) is 1.17. The van der Waals surface area contributed by atoms with E-state index in [2.05, 4.69) is 0 Å². The molecule has 1 amide bonds. The molecule has 0 aromatic rings. The molecule has 0 unspecified atom stereocenters. The van der Waals surface area contributed by atoms with Gasteiger partial charge in [-0.25, -0.2) is 0 Å². The maximum atomic E-state index is 11.3. The summed E-state index contributed by atoms with van der Waals surface area (Å²) in [6.45, 7) is 3.18. The summed E-state index contributed by atoms with van der Waals surface area (Å²) in [7, 11) is 3.38. The molecule has 3 nitrogen and oxygen atoms in total. The van der Waals surface area contributed by atoms with Crippen molar-refractivity contribution in [2.45, 2.75) is 13.8 Å². The Balaban J connectivity index is 4.33. The minimum atomic E-state index is -0.0480. The highest BCUT2D eigenvalue weighted by molar-refractivity contribution is 5.93. The first-order valence-electron chi connectivity index (χ1n) is 4.02. The van der Waals surface area contributed by atoms with Crippen molar-refractivity contribution < 1.29 is 9.59 Å². The fourth-order valence-electron chi connectivity index (χ4n) is 0.752. The van der Waals surface area contributed by atoms with E-state index in [-0.39, 0.29) is 11.7 Å². The van der Waals surface area contributed by atoms with E-state index >= 15 is 0 Å². The van der Waals surface area contributed by atoms with Crippen LogP contribution in [0.1, 0.15) is 13.8 Å². The van der Waals surface area contributed by atoms with Gasteiger partial charge >= 0.3 is 0 Å². The number of rotatable bonds is 3. The van der Waals surface area contributed by atoms with E-state index in [1.54, 1.807) is 33.2 Å². The summed E-state index contributed by atoms with van der Waals surface area (Å²) < 4.78 is 0. The number of carbonyl (C=O) groups excluding carboxylic acids is 2. The van der Waals surface area contributed by atoms with Crippen molar-refractivity contribution in [3.05, 3.63) is 23.8 Å². The van der Waals surface area contributed by atoms with Gasteiger partial charge in [0.1, 0.15) is 0 Å². The lowest BCUT2D eigenvalue weighted by molar-refractivity contribution is -0.124. The molecule has 0 aromatic heterocycles. The van der Waals surface area contributed by atoms with Crippen LogP contribution in [0.4, 0.5) is 0 Å². The predicted molar refractivity (Wildman–Crippen MR) is 52.3 cm³/mol. The van der Waals surface area contributed by atoms with Crippen molar-refractivity contribution >= 4 is 11.7 Å². The number of hydrogen-bond acceptors (Lipinski definition) is 2. The van der Waals surface area contributed by atoms with E-state index in [1.807, 2.05) is 0 Å². The van der Waals surface area contributed by atoms with Crippen molar-refractivity contribution in [1.29, 1.82) is 0 Å². The molecular weight excluding hydrogens is 166 g/mol. The lowest BCUT2D eigenvalue weighted by Crippen LogP contribution is -2.22. The second-order valence-corrected chi connectivity index (χ2v) is 3.02. The molecule has 0 heterocycles. The van der Waals surface area contributed by atoms with Crippen LogP contribution in [0.3, 0.4) is 0 Å². The number of amides is 1. The first kappa shape index (κ1) is 11.6. The standard InChI is InChI=1S/C10H15NO2/c1-8(10(13)11(3)4)6-5-7-9(2)12/h5-7H,1-4H3. The third kappa shape index (κ3) is 4.95. The second kappa shape index (κ2) is 5.30. The molecule has 0 saturated carbocycles. The van der Waals surface area contributed by atoms with Crippen LogP contribution >= 0.6 is 0 Å². The molecule has 0 aliphatic heterocycles. The maximum Gasteiger partial charge on any atom is 0.248 e. The summed E-state index contributed by atoms with van der Waals surface area (Å²) in [6.07, 6.45) is 4.63. The van der Waals surface area contributed by atoms with Gasteiger partial charge in [0.05, 0.1) is 0 Å². The Kier molecular flexibility index (Phi) is 4.74. The molecule has 0 aliphatic rings. The molecule has 0 N–H and O–H groups in total. The lowest BCUT2D eigenvalue weighted by Gasteiger charge is -2.09. The highest BCUT2D eigenvalue weighted by Gasteiger charge is 2.03. The van der Waals surface area contributed by atoms with E-state index in [9.17, 15) is 9.59 Å². The molecule has 13 heavy (non-hydrogen) atoms. The molecule has 0 spiro atoms. The summed E-state index contributed by atoms with van der Waals surface area (Å²) in [5, 5.41) is 0. The topological polar surface area (TPSA) is 37.4 Å². The number of nitrogens with zero attached hydrogens (tertiary/aromatic N) is 1. The zero-order valence-corrected chi connectivity index (χ0v) is 8.50. The first-order valence-corrected chi connectivity index (χ1v) is 4.02. The molecule has 0 aliphatic carbocycles. The molecular formula is C10H15NO2. The molecule has 0 atom stereocenters. The van der Waals surface area contributed by atoms with Gasteiger partial charge in [0.25, 0.3) is 0 Å². The minimum Gasteiger partial charge on any atom is -0.345 e. The van der Waals surface area contributed by atoms with Crippen LogP contribution in [-0.4, -0.2) is 30.7 Å². The highest BCUT2D eigenvalue weighted by Crippen LogP contribution is 1.97. The zero-order valence-electron chi connectivity index (χ0n) is 8.50. The molecule has 0 aromatic carbocycles. The number of carbonyl (C=O) groups is 2. The summed E-state index contributed by atoms with van der Waals surface area (Å²) in [5.41, 5.74) is 0.613. The van der Waals surface area contributed by atoms with Crippen molar-refractivity contribution in [1.82, 2.24) is 4.90 Å². The van der Waals surface area contributed by atoms with Gasteiger partial charge in [-0.15, -0.1) is 0 Å². The van der Waals surface area contributed by atoms with Crippen LogP contribution in [0, 0.1) is 0 Å². The van der Waals surface area contributed by atoms with Gasteiger partial charge in [0.15, 0.2) is 5.78 Å². The highest BCUT2D eigenvalue weighted by atomic mass is 16.2. The van der Waals surface area contributed by atoms with Crippen LogP contribution in [0.15, 0.2) is 23.8 Å². The SMILES string of the molecule is CC(=O)C=CC=C(C)C(=O)N(C)C. The Morgan fingerprint density at radius 2 is 1.69 bits per heavy atom. The number of hydrogen-bond donors (Lipinski definition) is 0. The van der Waals surface area contributed by atoms with Crippen molar-refractivity contribution in [2.24, 2.45) is 0 Å². The second-order valence-electron chi connectivity index (χ2n) is 3.02. The van der Waals surface area contributed by atoms with Crippen LogP contribution in [-0.2, 0) is 9.59 Å². The number of allylic oxidation sites excluding steroid dienone is 3. The quantitative estimate of drug-likeness (QED) is 0.484. The monoisotopic (exact) mass is 181 g/mol. The molecule has 72 valence electrons. The first-order chi connectivity index (χ1) is 5.95. The molecule has 0 fully saturated rings. The molecule has 0 saturated heterocycles. The van der Waals surface area contributed by atoms with Crippen molar-refractivity contribution in [3.63, 3.8) is 0 Å². The molecule has 0 rings (SSSR count). The zero-order chi connectivity index (χ0) is 10.4. The Labute approximate surface area is 78.7 Å². The Bertz CT molecular complexity index is 262. The van der Waals surface area contributed by atoms with Gasteiger partial charge in [0, 0.05) is 19.7 Å². The fraction of sp³-hybridized carbons (Fsp3) is 0.400. The van der Waals surface area contributed by atoms with Crippen molar-refractivity contribution in [2.75, 3.05) is 14.1 Å². The summed E-state index contributed by atoms with van der Waals surface area (Å²) in [4.78, 5) is 23.3. The van der Waals surface area contributed by atoms with Crippen LogP contribution in [0.5, 0.6) is 0 Å². The lowest BCUT2D eigenvalue weighted by atomic mass is 10.2. The van der Waals surface area contributed by atoms with Gasteiger partial charge in [0.2, 0.25) is 5.91 Å². The van der Waals surface area contributed by atoms with Crippen LogP contribution < -0.4 is 0 Å². The largest absolute Gasteiger partial charge is 0.345 e. The van der Waals surface area contributed by atoms with Gasteiger partial charge in [-0.05, 0) is 19.9 Å². The third-order valence-electron chi connectivity index (χ3n) is 1.42. The molecule has 0 radical (unpaired) electrons. The van der Waals surface area contributed by atoms with Crippen molar-refractivity contribution in [3.8, 4) is 0 Å². The van der Waals surface area contributed by atoms with Crippen LogP contribution in [0.25, 0.3) is 0 Å². The number of likely N-dealkylation sites (N-methyl/N-ethyl adjacent to an activating group) is 1. The summed E-state index contributed by atoms with van der Waals surface area (Å²) in [5.74, 6) is -0.0745. The van der Waals surface area contributed by atoms with E-state index in [0.29, 0.717) is 5.57 Å². The van der Waals surface area contributed by atoms with Gasteiger partial charge < -0.3 is 4.90 Å². The fourth-order valence-corrected chi connectivity index (χ4v) is 0.752. The Morgan fingerprint density at radius 3 is 2.08 bits per heavy atom. The van der Waals surface area contributed by atoms with E-state index < -0.39 is 0 Å². The summed E-state index contributed by atoms with van der Waals surface area (Å²) in [6, 6.07) is 0. The van der Waals surface area contributed by atoms with E-state index in [1.165, 1.54) is 17.9 Å². The third-order valence-corrected chi connectivity index (χ3v) is 1.42. The van der Waals surface area contributed by atoms with Gasteiger partial charge in [-0.3, -0.25) is 9.59 Å².